The van der Waals surface area contributed by atoms with E-state index in [1.54, 1.807) is 0 Å². The van der Waals surface area contributed by atoms with Crippen LogP contribution in [0, 0.1) is 0 Å². The molecule has 1 aromatic rings. The van der Waals surface area contributed by atoms with Gasteiger partial charge in [-0.2, -0.15) is 0 Å². The van der Waals surface area contributed by atoms with Crippen molar-refractivity contribution < 1.29 is 4.74 Å². The Kier molecular flexibility index (Phi) is 3.06. The second-order valence-electron chi connectivity index (χ2n) is 3.69. The van der Waals surface area contributed by atoms with E-state index in [9.17, 15) is 0 Å². The average Bonchev–Trinajstić information content (AvgIpc) is 2.19. The summed E-state index contributed by atoms with van der Waals surface area (Å²) < 4.78 is 5.71. The van der Waals surface area contributed by atoms with E-state index < -0.39 is 0 Å². The van der Waals surface area contributed by atoms with Crippen molar-refractivity contribution in [3.05, 3.63) is 34.9 Å². The molecule has 14 heavy (non-hydrogen) atoms. The van der Waals surface area contributed by atoms with Gasteiger partial charge in [-0.05, 0) is 24.6 Å². The van der Waals surface area contributed by atoms with Gasteiger partial charge in [0.1, 0.15) is 0 Å². The van der Waals surface area contributed by atoms with E-state index in [1.165, 1.54) is 0 Å². The Morgan fingerprint density at radius 2 is 2.36 bits per heavy atom. The van der Waals surface area contributed by atoms with Crippen molar-refractivity contribution in [1.82, 2.24) is 5.32 Å². The highest BCUT2D eigenvalue weighted by Crippen LogP contribution is 2.22. The molecule has 1 heterocycles. The summed E-state index contributed by atoms with van der Waals surface area (Å²) in [6, 6.07) is 8.30. The molecule has 1 saturated heterocycles. The lowest BCUT2D eigenvalue weighted by molar-refractivity contribution is 0.00696. The molecule has 2 unspecified atom stereocenters. The number of hydrogen-bond donors (Lipinski definition) is 1. The highest BCUT2D eigenvalue weighted by atomic mass is 35.5. The Morgan fingerprint density at radius 1 is 1.50 bits per heavy atom. The van der Waals surface area contributed by atoms with Crippen LogP contribution >= 0.6 is 11.6 Å². The van der Waals surface area contributed by atoms with E-state index in [4.69, 9.17) is 16.3 Å². The van der Waals surface area contributed by atoms with Crippen LogP contribution in [0.1, 0.15) is 18.6 Å². The molecule has 1 aliphatic heterocycles. The Hall–Kier alpha value is -0.570. The first-order chi connectivity index (χ1) is 6.75. The second-order valence-corrected chi connectivity index (χ2v) is 4.12. The maximum absolute atomic E-state index is 5.92. The van der Waals surface area contributed by atoms with Gasteiger partial charge in [0, 0.05) is 17.6 Å². The van der Waals surface area contributed by atoms with E-state index in [0.29, 0.717) is 6.04 Å². The maximum atomic E-state index is 5.92. The molecular formula is C11H14ClNO. The minimum absolute atomic E-state index is 0.143. The molecule has 2 rings (SSSR count). The molecule has 0 aliphatic carbocycles. The van der Waals surface area contributed by atoms with E-state index in [1.807, 2.05) is 24.3 Å². The standard InChI is InChI=1S/C11H14ClNO/c1-8-7-14-11(6-13-8)9-3-2-4-10(12)5-9/h2-5,8,11,13H,6-7H2,1H3. The molecule has 76 valence electrons. The number of morpholine rings is 1. The number of benzene rings is 1. The molecule has 0 radical (unpaired) electrons. The fraction of sp³-hybridized carbons (Fsp3) is 0.455. The van der Waals surface area contributed by atoms with Crippen LogP contribution < -0.4 is 5.32 Å². The highest BCUT2D eigenvalue weighted by molar-refractivity contribution is 6.30. The van der Waals surface area contributed by atoms with Crippen molar-refractivity contribution in [3.63, 3.8) is 0 Å². The SMILES string of the molecule is CC1COC(c2cccc(Cl)c2)CN1. The third-order valence-electron chi connectivity index (χ3n) is 2.42. The first-order valence-electron chi connectivity index (χ1n) is 4.86. The molecule has 0 bridgehead atoms. The molecule has 1 N–H and O–H groups in total. The number of ether oxygens (including phenoxy) is 1. The quantitative estimate of drug-likeness (QED) is 0.770. The number of rotatable bonds is 1. The van der Waals surface area contributed by atoms with Crippen molar-refractivity contribution in [1.29, 1.82) is 0 Å². The van der Waals surface area contributed by atoms with Gasteiger partial charge in [-0.1, -0.05) is 23.7 Å². The Labute approximate surface area is 89.2 Å². The van der Waals surface area contributed by atoms with Gasteiger partial charge >= 0.3 is 0 Å². The largest absolute Gasteiger partial charge is 0.371 e. The second kappa shape index (κ2) is 4.30. The van der Waals surface area contributed by atoms with Crippen LogP contribution in [0.5, 0.6) is 0 Å². The lowest BCUT2D eigenvalue weighted by atomic mass is 10.1. The first kappa shape index (κ1) is 9.97. The molecule has 1 fully saturated rings. The maximum Gasteiger partial charge on any atom is 0.0950 e. The molecule has 2 nitrogen and oxygen atoms in total. The summed E-state index contributed by atoms with van der Waals surface area (Å²) in [4.78, 5) is 0. The van der Waals surface area contributed by atoms with E-state index in [-0.39, 0.29) is 6.10 Å². The van der Waals surface area contributed by atoms with Crippen LogP contribution in [0.2, 0.25) is 5.02 Å². The molecule has 0 saturated carbocycles. The van der Waals surface area contributed by atoms with Crippen molar-refractivity contribution >= 4 is 11.6 Å². The fourth-order valence-electron chi connectivity index (χ4n) is 1.61. The molecule has 0 spiro atoms. The van der Waals surface area contributed by atoms with E-state index >= 15 is 0 Å². The van der Waals surface area contributed by atoms with Crippen LogP contribution in [-0.2, 0) is 4.74 Å². The van der Waals surface area contributed by atoms with Gasteiger partial charge in [-0.15, -0.1) is 0 Å². The molecule has 3 heteroatoms. The monoisotopic (exact) mass is 211 g/mol. The summed E-state index contributed by atoms with van der Waals surface area (Å²) in [5, 5.41) is 4.15. The van der Waals surface area contributed by atoms with Gasteiger partial charge in [-0.3, -0.25) is 0 Å². The molecule has 1 aliphatic rings. The van der Waals surface area contributed by atoms with Gasteiger partial charge in [0.2, 0.25) is 0 Å². The van der Waals surface area contributed by atoms with Crippen LogP contribution in [-0.4, -0.2) is 19.2 Å². The van der Waals surface area contributed by atoms with Gasteiger partial charge < -0.3 is 10.1 Å². The predicted molar refractivity (Wildman–Crippen MR) is 57.6 cm³/mol. The zero-order valence-corrected chi connectivity index (χ0v) is 8.92. The van der Waals surface area contributed by atoms with E-state index in [0.717, 1.165) is 23.7 Å². The minimum Gasteiger partial charge on any atom is -0.371 e. The Morgan fingerprint density at radius 3 is 3.00 bits per heavy atom. The van der Waals surface area contributed by atoms with Gasteiger partial charge in [-0.25, -0.2) is 0 Å². The summed E-state index contributed by atoms with van der Waals surface area (Å²) in [6.07, 6.45) is 0.143. The third-order valence-corrected chi connectivity index (χ3v) is 2.65. The summed E-state index contributed by atoms with van der Waals surface area (Å²) in [6.45, 7) is 3.74. The molecule has 0 aromatic heterocycles. The number of nitrogens with one attached hydrogen (secondary N) is 1. The van der Waals surface area contributed by atoms with Crippen molar-refractivity contribution in [2.75, 3.05) is 13.2 Å². The summed E-state index contributed by atoms with van der Waals surface area (Å²) in [5.41, 5.74) is 1.15. The first-order valence-corrected chi connectivity index (χ1v) is 5.24. The summed E-state index contributed by atoms with van der Waals surface area (Å²) in [5.74, 6) is 0. The van der Waals surface area contributed by atoms with Gasteiger partial charge in [0.25, 0.3) is 0 Å². The minimum atomic E-state index is 0.143. The summed E-state index contributed by atoms with van der Waals surface area (Å²) in [7, 11) is 0. The zero-order valence-electron chi connectivity index (χ0n) is 8.16. The van der Waals surface area contributed by atoms with Crippen LogP contribution in [0.25, 0.3) is 0 Å². The highest BCUT2D eigenvalue weighted by Gasteiger charge is 2.19. The molecular weight excluding hydrogens is 198 g/mol. The fourth-order valence-corrected chi connectivity index (χ4v) is 1.81. The topological polar surface area (TPSA) is 21.3 Å². The molecule has 0 amide bonds. The van der Waals surface area contributed by atoms with Crippen LogP contribution in [0.15, 0.2) is 24.3 Å². The molecule has 1 aromatic carbocycles. The number of halogens is 1. The third kappa shape index (κ3) is 2.27. The van der Waals surface area contributed by atoms with Gasteiger partial charge in [0.05, 0.1) is 12.7 Å². The lowest BCUT2D eigenvalue weighted by Crippen LogP contribution is -2.40. The van der Waals surface area contributed by atoms with Crippen molar-refractivity contribution in [3.8, 4) is 0 Å². The smallest absolute Gasteiger partial charge is 0.0950 e. The van der Waals surface area contributed by atoms with Crippen molar-refractivity contribution in [2.45, 2.75) is 19.1 Å². The lowest BCUT2D eigenvalue weighted by Gasteiger charge is -2.28. The predicted octanol–water partition coefficient (Wildman–Crippen LogP) is 2.39. The van der Waals surface area contributed by atoms with Crippen LogP contribution in [0.3, 0.4) is 0 Å². The van der Waals surface area contributed by atoms with Gasteiger partial charge in [0.15, 0.2) is 0 Å². The van der Waals surface area contributed by atoms with E-state index in [2.05, 4.69) is 12.2 Å². The number of hydrogen-bond acceptors (Lipinski definition) is 2. The normalized spacial score (nSPS) is 27.6. The Balaban J connectivity index is 2.08. The Bertz CT molecular complexity index is 308. The molecule has 2 atom stereocenters. The summed E-state index contributed by atoms with van der Waals surface area (Å²) >= 11 is 5.92. The van der Waals surface area contributed by atoms with Crippen molar-refractivity contribution in [2.24, 2.45) is 0 Å². The van der Waals surface area contributed by atoms with Crippen LogP contribution in [0.4, 0.5) is 0 Å². The average molecular weight is 212 g/mol. The zero-order chi connectivity index (χ0) is 9.97.